The van der Waals surface area contributed by atoms with E-state index in [9.17, 15) is 0 Å². The molecule has 0 atom stereocenters. The van der Waals surface area contributed by atoms with Crippen LogP contribution < -0.4 is 4.90 Å². The Bertz CT molecular complexity index is 893. The van der Waals surface area contributed by atoms with E-state index in [1.807, 2.05) is 29.1 Å². The molecule has 2 aromatic heterocycles. The zero-order valence-corrected chi connectivity index (χ0v) is 15.2. The third-order valence-corrected chi connectivity index (χ3v) is 4.75. The van der Waals surface area contributed by atoms with Gasteiger partial charge in [0.25, 0.3) is 0 Å². The molecule has 4 rings (SSSR count). The summed E-state index contributed by atoms with van der Waals surface area (Å²) >= 11 is 0. The highest BCUT2D eigenvalue weighted by atomic mass is 15.3. The van der Waals surface area contributed by atoms with Crippen molar-refractivity contribution in [2.75, 3.05) is 37.6 Å². The van der Waals surface area contributed by atoms with Gasteiger partial charge in [0, 0.05) is 32.7 Å². The van der Waals surface area contributed by atoms with Crippen molar-refractivity contribution in [2.24, 2.45) is 0 Å². The van der Waals surface area contributed by atoms with E-state index in [1.165, 1.54) is 11.1 Å². The van der Waals surface area contributed by atoms with Crippen molar-refractivity contribution in [1.82, 2.24) is 24.6 Å². The predicted octanol–water partition coefficient (Wildman–Crippen LogP) is 2.57. The summed E-state index contributed by atoms with van der Waals surface area (Å²) in [6, 6.07) is 10.3. The molecule has 1 aliphatic rings. The van der Waals surface area contributed by atoms with Gasteiger partial charge in [-0.15, -0.1) is 0 Å². The van der Waals surface area contributed by atoms with Gasteiger partial charge >= 0.3 is 0 Å². The van der Waals surface area contributed by atoms with E-state index in [2.05, 4.69) is 50.5 Å². The van der Waals surface area contributed by atoms with Gasteiger partial charge in [-0.05, 0) is 12.5 Å². The number of benzene rings is 1. The maximum atomic E-state index is 4.57. The van der Waals surface area contributed by atoms with Gasteiger partial charge in [-0.25, -0.2) is 14.6 Å². The molecule has 26 heavy (non-hydrogen) atoms. The molecule has 6 nitrogen and oxygen atoms in total. The lowest BCUT2D eigenvalue weighted by Gasteiger charge is -2.35. The first-order valence-electron chi connectivity index (χ1n) is 9.03. The van der Waals surface area contributed by atoms with Crippen molar-refractivity contribution in [3.05, 3.63) is 60.6 Å². The minimum Gasteiger partial charge on any atom is -0.353 e. The molecule has 0 radical (unpaired) electrons. The zero-order valence-electron chi connectivity index (χ0n) is 15.2. The Morgan fingerprint density at radius 2 is 1.85 bits per heavy atom. The van der Waals surface area contributed by atoms with E-state index in [-0.39, 0.29) is 0 Å². The predicted molar refractivity (Wildman–Crippen MR) is 104 cm³/mol. The smallest absolute Gasteiger partial charge is 0.163 e. The van der Waals surface area contributed by atoms with E-state index in [1.54, 1.807) is 6.33 Å². The van der Waals surface area contributed by atoms with Crippen LogP contribution >= 0.6 is 0 Å². The number of fused-ring (bicyclic) bond motifs is 1. The summed E-state index contributed by atoms with van der Waals surface area (Å²) in [5.41, 5.74) is 3.32. The molecule has 1 aromatic carbocycles. The van der Waals surface area contributed by atoms with E-state index in [0.717, 1.165) is 49.6 Å². The van der Waals surface area contributed by atoms with Crippen LogP contribution in [0.1, 0.15) is 12.5 Å². The largest absolute Gasteiger partial charge is 0.353 e. The Morgan fingerprint density at radius 1 is 1.08 bits per heavy atom. The second-order valence-corrected chi connectivity index (χ2v) is 6.94. The molecule has 0 unspecified atom stereocenters. The lowest BCUT2D eigenvalue weighted by Crippen LogP contribution is -2.47. The number of hydrogen-bond donors (Lipinski definition) is 0. The molecule has 1 fully saturated rings. The molecular weight excluding hydrogens is 324 g/mol. The van der Waals surface area contributed by atoms with Crippen molar-refractivity contribution in [2.45, 2.75) is 13.5 Å². The van der Waals surface area contributed by atoms with Crippen molar-refractivity contribution < 1.29 is 0 Å². The summed E-state index contributed by atoms with van der Waals surface area (Å²) in [6.45, 7) is 11.8. The summed E-state index contributed by atoms with van der Waals surface area (Å²) in [4.78, 5) is 13.8. The van der Waals surface area contributed by atoms with Gasteiger partial charge in [0.05, 0.1) is 18.1 Å². The fourth-order valence-corrected chi connectivity index (χ4v) is 3.50. The first-order valence-corrected chi connectivity index (χ1v) is 9.03. The Kier molecular flexibility index (Phi) is 4.67. The van der Waals surface area contributed by atoms with Crippen molar-refractivity contribution >= 4 is 16.9 Å². The number of piperazine rings is 1. The molecule has 0 spiro atoms. The second-order valence-electron chi connectivity index (χ2n) is 6.94. The van der Waals surface area contributed by atoms with Crippen LogP contribution in [0, 0.1) is 0 Å². The summed E-state index contributed by atoms with van der Waals surface area (Å²) in [5.74, 6) is 0.990. The van der Waals surface area contributed by atoms with Crippen molar-refractivity contribution in [3.63, 3.8) is 0 Å². The Balaban J connectivity index is 1.55. The SMILES string of the molecule is C=C(C)CN1CCN(c2ncnc3c2cnn3Cc2ccccc2)CC1. The van der Waals surface area contributed by atoms with Gasteiger partial charge in [0.15, 0.2) is 5.65 Å². The third kappa shape index (κ3) is 3.46. The van der Waals surface area contributed by atoms with Gasteiger partial charge in [0.1, 0.15) is 12.1 Å². The highest BCUT2D eigenvalue weighted by molar-refractivity contribution is 5.86. The van der Waals surface area contributed by atoms with Crippen LogP contribution in [0.5, 0.6) is 0 Å². The summed E-state index contributed by atoms with van der Waals surface area (Å²) in [6.07, 6.45) is 3.55. The van der Waals surface area contributed by atoms with E-state index in [0.29, 0.717) is 6.54 Å². The molecule has 1 aliphatic heterocycles. The van der Waals surface area contributed by atoms with Crippen molar-refractivity contribution in [3.8, 4) is 0 Å². The molecule has 3 heterocycles. The standard InChI is InChI=1S/C20H24N6/c1-16(2)13-24-8-10-25(11-9-24)19-18-12-23-26(20(18)22-15-21-19)14-17-6-4-3-5-7-17/h3-7,12,15H,1,8-11,13-14H2,2H3. The Labute approximate surface area is 153 Å². The van der Waals surface area contributed by atoms with E-state index < -0.39 is 0 Å². The van der Waals surface area contributed by atoms with Crippen LogP contribution in [-0.2, 0) is 6.54 Å². The van der Waals surface area contributed by atoms with Crippen LogP contribution in [0.25, 0.3) is 11.0 Å². The topological polar surface area (TPSA) is 50.1 Å². The first kappa shape index (κ1) is 16.7. The van der Waals surface area contributed by atoms with Crippen LogP contribution in [0.15, 0.2) is 55.0 Å². The van der Waals surface area contributed by atoms with Crippen LogP contribution in [0.3, 0.4) is 0 Å². The first-order chi connectivity index (χ1) is 12.7. The van der Waals surface area contributed by atoms with E-state index >= 15 is 0 Å². The zero-order chi connectivity index (χ0) is 17.9. The molecule has 3 aromatic rings. The van der Waals surface area contributed by atoms with Crippen molar-refractivity contribution in [1.29, 1.82) is 0 Å². The molecule has 0 amide bonds. The van der Waals surface area contributed by atoms with Crippen LogP contribution in [0.2, 0.25) is 0 Å². The summed E-state index contributed by atoms with van der Waals surface area (Å²) < 4.78 is 1.95. The summed E-state index contributed by atoms with van der Waals surface area (Å²) in [7, 11) is 0. The summed E-state index contributed by atoms with van der Waals surface area (Å²) in [5, 5.41) is 5.59. The average Bonchev–Trinajstić information content (AvgIpc) is 3.06. The lowest BCUT2D eigenvalue weighted by molar-refractivity contribution is 0.278. The lowest BCUT2D eigenvalue weighted by atomic mass is 10.2. The number of anilines is 1. The van der Waals surface area contributed by atoms with Crippen LogP contribution in [-0.4, -0.2) is 57.4 Å². The quantitative estimate of drug-likeness (QED) is 0.663. The number of rotatable bonds is 5. The molecule has 0 aliphatic carbocycles. The molecule has 0 saturated carbocycles. The molecule has 0 N–H and O–H groups in total. The molecule has 1 saturated heterocycles. The minimum absolute atomic E-state index is 0.715. The molecule has 0 bridgehead atoms. The van der Waals surface area contributed by atoms with Gasteiger partial charge in [-0.2, -0.15) is 5.10 Å². The van der Waals surface area contributed by atoms with E-state index in [4.69, 9.17) is 0 Å². The number of aromatic nitrogens is 4. The maximum Gasteiger partial charge on any atom is 0.163 e. The molecule has 6 heteroatoms. The van der Waals surface area contributed by atoms with Crippen LogP contribution in [0.4, 0.5) is 5.82 Å². The highest BCUT2D eigenvalue weighted by Crippen LogP contribution is 2.24. The fraction of sp³-hybridized carbons (Fsp3) is 0.350. The highest BCUT2D eigenvalue weighted by Gasteiger charge is 2.21. The number of hydrogen-bond acceptors (Lipinski definition) is 5. The maximum absolute atomic E-state index is 4.57. The third-order valence-electron chi connectivity index (χ3n) is 4.75. The second kappa shape index (κ2) is 7.25. The molecular formula is C20H24N6. The minimum atomic E-state index is 0.715. The monoisotopic (exact) mass is 348 g/mol. The number of nitrogens with zero attached hydrogens (tertiary/aromatic N) is 6. The van der Waals surface area contributed by atoms with Gasteiger partial charge in [-0.3, -0.25) is 4.90 Å². The normalized spacial score (nSPS) is 15.5. The fourth-order valence-electron chi connectivity index (χ4n) is 3.50. The van der Waals surface area contributed by atoms with Gasteiger partial charge < -0.3 is 4.90 Å². The molecule has 134 valence electrons. The Hall–Kier alpha value is -2.73. The van der Waals surface area contributed by atoms with Gasteiger partial charge in [0.2, 0.25) is 0 Å². The average molecular weight is 348 g/mol. The van der Waals surface area contributed by atoms with Gasteiger partial charge in [-0.1, -0.05) is 42.5 Å². The Morgan fingerprint density at radius 3 is 2.58 bits per heavy atom.